The molecule has 6 nitrogen and oxygen atoms in total. The molecule has 1 fully saturated rings. The van der Waals surface area contributed by atoms with Crippen LogP contribution in [0.3, 0.4) is 0 Å². The number of carbonyl (C=O) groups is 1. The molecule has 1 amide bonds. The molecule has 0 aromatic heterocycles. The zero-order chi connectivity index (χ0) is 16.2. The molecule has 0 unspecified atom stereocenters. The molecule has 1 aromatic carbocycles. The topological polar surface area (TPSA) is 66.0 Å². The SMILES string of the molecule is CO[C@@H]1CCOC[C@H]1NC(=O)Cc1cc2c(cc1Cl)OCCO2. The summed E-state index contributed by atoms with van der Waals surface area (Å²) in [5, 5.41) is 3.45. The average molecular weight is 342 g/mol. The van der Waals surface area contributed by atoms with Crippen LogP contribution >= 0.6 is 11.6 Å². The van der Waals surface area contributed by atoms with Crippen molar-refractivity contribution < 1.29 is 23.7 Å². The minimum absolute atomic E-state index is 0.0246. The summed E-state index contributed by atoms with van der Waals surface area (Å²) >= 11 is 6.24. The molecule has 0 aliphatic carbocycles. The average Bonchev–Trinajstić information content (AvgIpc) is 2.56. The predicted octanol–water partition coefficient (Wildman–Crippen LogP) is 1.57. The summed E-state index contributed by atoms with van der Waals surface area (Å²) in [7, 11) is 1.65. The maximum Gasteiger partial charge on any atom is 0.224 e. The molecule has 2 aliphatic rings. The molecule has 2 heterocycles. The normalized spacial score (nSPS) is 23.4. The molecule has 2 aliphatic heterocycles. The lowest BCUT2D eigenvalue weighted by molar-refractivity contribution is -0.124. The van der Waals surface area contributed by atoms with Crippen LogP contribution in [0.2, 0.25) is 5.02 Å². The number of nitrogens with one attached hydrogen (secondary N) is 1. The van der Waals surface area contributed by atoms with Crippen LogP contribution in [0.4, 0.5) is 0 Å². The van der Waals surface area contributed by atoms with Gasteiger partial charge in [-0.3, -0.25) is 4.79 Å². The van der Waals surface area contributed by atoms with E-state index in [1.54, 1.807) is 19.2 Å². The van der Waals surface area contributed by atoms with Gasteiger partial charge in [0.1, 0.15) is 13.2 Å². The maximum absolute atomic E-state index is 12.3. The Bertz CT molecular complexity index is 580. The van der Waals surface area contributed by atoms with Crippen molar-refractivity contribution in [1.82, 2.24) is 5.32 Å². The van der Waals surface area contributed by atoms with Crippen molar-refractivity contribution in [3.05, 3.63) is 22.7 Å². The Morgan fingerprint density at radius 3 is 2.78 bits per heavy atom. The quantitative estimate of drug-likeness (QED) is 0.900. The van der Waals surface area contributed by atoms with Gasteiger partial charge < -0.3 is 24.3 Å². The molecular weight excluding hydrogens is 322 g/mol. The zero-order valence-corrected chi connectivity index (χ0v) is 13.7. The molecule has 1 N–H and O–H groups in total. The van der Waals surface area contributed by atoms with Crippen LogP contribution in [0, 0.1) is 0 Å². The van der Waals surface area contributed by atoms with E-state index in [1.165, 1.54) is 0 Å². The third-order valence-corrected chi connectivity index (χ3v) is 4.36. The monoisotopic (exact) mass is 341 g/mol. The van der Waals surface area contributed by atoms with E-state index in [1.807, 2.05) is 0 Å². The zero-order valence-electron chi connectivity index (χ0n) is 13.0. The fraction of sp³-hybridized carbons (Fsp3) is 0.562. The molecule has 0 spiro atoms. The van der Waals surface area contributed by atoms with Crippen molar-refractivity contribution in [1.29, 1.82) is 0 Å². The molecule has 126 valence electrons. The first kappa shape index (κ1) is 16.4. The number of hydrogen-bond acceptors (Lipinski definition) is 5. The van der Waals surface area contributed by atoms with Crippen LogP contribution in [0.15, 0.2) is 12.1 Å². The largest absolute Gasteiger partial charge is 0.486 e. The van der Waals surface area contributed by atoms with E-state index in [9.17, 15) is 4.79 Å². The number of rotatable bonds is 4. The Labute approximate surface area is 140 Å². The highest BCUT2D eigenvalue weighted by Gasteiger charge is 2.27. The van der Waals surface area contributed by atoms with E-state index in [2.05, 4.69) is 5.32 Å². The minimum Gasteiger partial charge on any atom is -0.486 e. The number of carbonyl (C=O) groups excluding carboxylic acids is 1. The Balaban J connectivity index is 1.65. The number of ether oxygens (including phenoxy) is 4. The van der Waals surface area contributed by atoms with Crippen LogP contribution in [0.1, 0.15) is 12.0 Å². The van der Waals surface area contributed by atoms with Crippen molar-refractivity contribution in [2.45, 2.75) is 25.0 Å². The van der Waals surface area contributed by atoms with Gasteiger partial charge >= 0.3 is 0 Å². The van der Waals surface area contributed by atoms with Crippen LogP contribution in [0.5, 0.6) is 11.5 Å². The molecule has 0 bridgehead atoms. The number of hydrogen-bond donors (Lipinski definition) is 1. The van der Waals surface area contributed by atoms with E-state index in [-0.39, 0.29) is 24.5 Å². The van der Waals surface area contributed by atoms with Crippen molar-refractivity contribution in [3.63, 3.8) is 0 Å². The van der Waals surface area contributed by atoms with Gasteiger partial charge in [-0.15, -0.1) is 0 Å². The number of methoxy groups -OCH3 is 1. The van der Waals surface area contributed by atoms with Crippen LogP contribution in [0.25, 0.3) is 0 Å². The van der Waals surface area contributed by atoms with Gasteiger partial charge in [-0.1, -0.05) is 11.6 Å². The first-order valence-electron chi connectivity index (χ1n) is 7.65. The highest BCUT2D eigenvalue weighted by molar-refractivity contribution is 6.31. The second-order valence-corrected chi connectivity index (χ2v) is 5.98. The Kier molecular flexibility index (Phi) is 5.25. The van der Waals surface area contributed by atoms with Gasteiger partial charge in [0.15, 0.2) is 11.5 Å². The smallest absolute Gasteiger partial charge is 0.224 e. The summed E-state index contributed by atoms with van der Waals surface area (Å²) in [6.07, 6.45) is 0.915. The van der Waals surface area contributed by atoms with Crippen molar-refractivity contribution in [3.8, 4) is 11.5 Å². The lowest BCUT2D eigenvalue weighted by Gasteiger charge is -2.31. The minimum atomic E-state index is -0.141. The van der Waals surface area contributed by atoms with E-state index in [4.69, 9.17) is 30.5 Å². The number of fused-ring (bicyclic) bond motifs is 1. The standard InChI is InChI=1S/C16H20ClNO5/c1-20-13-2-3-21-9-12(13)18-16(19)7-10-6-14-15(8-11(10)17)23-5-4-22-14/h6,8,12-13H,2-5,7,9H2,1H3,(H,18,19)/t12-,13-/m1/s1. The lowest BCUT2D eigenvalue weighted by atomic mass is 10.1. The van der Waals surface area contributed by atoms with Gasteiger partial charge in [0.05, 0.1) is 25.2 Å². The first-order chi connectivity index (χ1) is 11.2. The fourth-order valence-corrected chi connectivity index (χ4v) is 3.03. The van der Waals surface area contributed by atoms with Crippen LogP contribution in [-0.4, -0.2) is 51.6 Å². The summed E-state index contributed by atoms with van der Waals surface area (Å²) in [4.78, 5) is 12.3. The van der Waals surface area contributed by atoms with E-state index >= 15 is 0 Å². The van der Waals surface area contributed by atoms with E-state index in [0.29, 0.717) is 48.5 Å². The number of halogens is 1. The lowest BCUT2D eigenvalue weighted by Crippen LogP contribution is -2.50. The van der Waals surface area contributed by atoms with Crippen molar-refractivity contribution in [2.24, 2.45) is 0 Å². The van der Waals surface area contributed by atoms with Gasteiger partial charge in [0, 0.05) is 24.8 Å². The van der Waals surface area contributed by atoms with Gasteiger partial charge in [0.25, 0.3) is 0 Å². The van der Waals surface area contributed by atoms with Gasteiger partial charge in [0.2, 0.25) is 5.91 Å². The summed E-state index contributed by atoms with van der Waals surface area (Å²) in [5.74, 6) is 1.12. The van der Waals surface area contributed by atoms with Gasteiger partial charge in [-0.25, -0.2) is 0 Å². The highest BCUT2D eigenvalue weighted by Crippen LogP contribution is 2.35. The molecule has 7 heteroatoms. The second kappa shape index (κ2) is 7.38. The Morgan fingerprint density at radius 2 is 2.04 bits per heavy atom. The molecule has 3 rings (SSSR count). The molecular formula is C16H20ClNO5. The summed E-state index contributed by atoms with van der Waals surface area (Å²) in [6, 6.07) is 3.32. The molecule has 1 aromatic rings. The Hall–Kier alpha value is -1.50. The first-order valence-corrected chi connectivity index (χ1v) is 8.03. The molecule has 0 saturated carbocycles. The number of benzene rings is 1. The molecule has 2 atom stereocenters. The van der Waals surface area contributed by atoms with Crippen LogP contribution < -0.4 is 14.8 Å². The third kappa shape index (κ3) is 3.88. The van der Waals surface area contributed by atoms with E-state index in [0.717, 1.165) is 6.42 Å². The number of amides is 1. The van der Waals surface area contributed by atoms with E-state index < -0.39 is 0 Å². The summed E-state index contributed by atoms with van der Waals surface area (Å²) in [5.41, 5.74) is 0.708. The predicted molar refractivity (Wildman–Crippen MR) is 84.3 cm³/mol. The van der Waals surface area contributed by atoms with Crippen molar-refractivity contribution >= 4 is 17.5 Å². The van der Waals surface area contributed by atoms with Gasteiger partial charge in [-0.05, 0) is 18.1 Å². The van der Waals surface area contributed by atoms with Gasteiger partial charge in [-0.2, -0.15) is 0 Å². The van der Waals surface area contributed by atoms with Crippen LogP contribution in [-0.2, 0) is 20.7 Å². The highest BCUT2D eigenvalue weighted by atomic mass is 35.5. The second-order valence-electron chi connectivity index (χ2n) is 5.58. The third-order valence-electron chi connectivity index (χ3n) is 4.00. The van der Waals surface area contributed by atoms with Crippen molar-refractivity contribution in [2.75, 3.05) is 33.5 Å². The Morgan fingerprint density at radius 1 is 1.30 bits per heavy atom. The summed E-state index contributed by atoms with van der Waals surface area (Å²) in [6.45, 7) is 2.11. The fourth-order valence-electron chi connectivity index (χ4n) is 2.81. The molecule has 0 radical (unpaired) electrons. The maximum atomic E-state index is 12.3. The molecule has 1 saturated heterocycles. The summed E-state index contributed by atoms with van der Waals surface area (Å²) < 4.78 is 21.8. The molecule has 23 heavy (non-hydrogen) atoms.